The lowest BCUT2D eigenvalue weighted by molar-refractivity contribution is -0.383. The van der Waals surface area contributed by atoms with Gasteiger partial charge in [0.2, 0.25) is 11.6 Å². The highest BCUT2D eigenvalue weighted by Gasteiger charge is 2.25. The molecule has 2 heterocycles. The molecule has 9 heteroatoms. The molecule has 1 fully saturated rings. The molecule has 2 N–H and O–H groups in total. The minimum atomic E-state index is -0.517. The Morgan fingerprint density at radius 2 is 2.12 bits per heavy atom. The largest absolute Gasteiger partial charge is 0.376 e. The van der Waals surface area contributed by atoms with Crippen LogP contribution in [0.4, 0.5) is 23.0 Å². The second-order valence-corrected chi connectivity index (χ2v) is 5.70. The Labute approximate surface area is 143 Å². The van der Waals surface area contributed by atoms with Gasteiger partial charge in [0, 0.05) is 13.2 Å². The van der Waals surface area contributed by atoms with Crippen LogP contribution in [-0.4, -0.2) is 34.1 Å². The van der Waals surface area contributed by atoms with Gasteiger partial charge in [0.05, 0.1) is 21.7 Å². The lowest BCUT2D eigenvalue weighted by Crippen LogP contribution is -2.20. The normalized spacial score (nSPS) is 16.8. The van der Waals surface area contributed by atoms with Crippen molar-refractivity contribution < 1.29 is 9.66 Å². The molecule has 0 aliphatic carbocycles. The number of rotatable bonds is 6. The Bertz CT molecular complexity index is 737. The van der Waals surface area contributed by atoms with Gasteiger partial charge < -0.3 is 15.4 Å². The third-order valence-electron chi connectivity index (χ3n) is 3.65. The first-order valence-corrected chi connectivity index (χ1v) is 7.89. The molecule has 0 radical (unpaired) electrons. The molecule has 1 unspecified atom stereocenters. The molecule has 1 aromatic heterocycles. The molecule has 0 bridgehead atoms. The van der Waals surface area contributed by atoms with Crippen LogP contribution in [0, 0.1) is 10.1 Å². The van der Waals surface area contributed by atoms with Gasteiger partial charge in [-0.15, -0.1) is 0 Å². The van der Waals surface area contributed by atoms with Crippen molar-refractivity contribution in [1.82, 2.24) is 9.97 Å². The topological polar surface area (TPSA) is 102 Å². The molecule has 8 nitrogen and oxygen atoms in total. The number of nitrogens with zero attached hydrogens (tertiary/aromatic N) is 3. The van der Waals surface area contributed by atoms with E-state index in [9.17, 15) is 10.1 Å². The van der Waals surface area contributed by atoms with E-state index in [0.29, 0.717) is 17.3 Å². The van der Waals surface area contributed by atoms with Crippen molar-refractivity contribution in [3.8, 4) is 0 Å². The summed E-state index contributed by atoms with van der Waals surface area (Å²) in [5, 5.41) is 17.8. The molecular formula is C15H16ClN5O3. The number of benzene rings is 1. The van der Waals surface area contributed by atoms with Crippen LogP contribution >= 0.6 is 11.6 Å². The van der Waals surface area contributed by atoms with E-state index < -0.39 is 4.92 Å². The first-order chi connectivity index (χ1) is 11.6. The third-order valence-corrected chi connectivity index (χ3v) is 3.98. The van der Waals surface area contributed by atoms with E-state index >= 15 is 0 Å². The molecule has 126 valence electrons. The summed E-state index contributed by atoms with van der Waals surface area (Å²) in [6.45, 7) is 1.18. The molecule has 24 heavy (non-hydrogen) atoms. The van der Waals surface area contributed by atoms with Gasteiger partial charge in [-0.1, -0.05) is 23.7 Å². The van der Waals surface area contributed by atoms with Gasteiger partial charge in [0.1, 0.15) is 6.33 Å². The molecule has 0 spiro atoms. The number of hydrogen-bond acceptors (Lipinski definition) is 7. The lowest BCUT2D eigenvalue weighted by Gasteiger charge is -2.13. The molecule has 0 amide bonds. The number of anilines is 3. The Kier molecular flexibility index (Phi) is 5.07. The maximum absolute atomic E-state index is 11.5. The smallest absolute Gasteiger partial charge is 0.353 e. The first-order valence-electron chi connectivity index (χ1n) is 7.51. The predicted octanol–water partition coefficient (Wildman–Crippen LogP) is 3.37. The predicted molar refractivity (Wildman–Crippen MR) is 90.9 cm³/mol. The van der Waals surface area contributed by atoms with Gasteiger partial charge in [-0.3, -0.25) is 10.1 Å². The fourth-order valence-electron chi connectivity index (χ4n) is 2.48. The van der Waals surface area contributed by atoms with Crippen LogP contribution in [-0.2, 0) is 4.74 Å². The zero-order valence-electron chi connectivity index (χ0n) is 12.7. The molecule has 3 rings (SSSR count). The Balaban J connectivity index is 1.84. The Hall–Kier alpha value is -2.45. The van der Waals surface area contributed by atoms with E-state index in [0.717, 1.165) is 19.4 Å². The average molecular weight is 350 g/mol. The summed E-state index contributed by atoms with van der Waals surface area (Å²) in [5.74, 6) is 0.234. The quantitative estimate of drug-likeness (QED) is 0.608. The van der Waals surface area contributed by atoms with Crippen molar-refractivity contribution in [3.05, 3.63) is 45.7 Å². The maximum Gasteiger partial charge on any atom is 0.353 e. The van der Waals surface area contributed by atoms with Crippen LogP contribution in [0.1, 0.15) is 12.8 Å². The number of ether oxygens (including phenoxy) is 1. The molecular weight excluding hydrogens is 334 g/mol. The number of aromatic nitrogens is 2. The van der Waals surface area contributed by atoms with E-state index in [4.69, 9.17) is 16.3 Å². The highest BCUT2D eigenvalue weighted by Crippen LogP contribution is 2.33. The van der Waals surface area contributed by atoms with Crippen LogP contribution in [0.15, 0.2) is 30.6 Å². The van der Waals surface area contributed by atoms with Gasteiger partial charge in [0.25, 0.3) is 0 Å². The molecule has 1 aliphatic heterocycles. The molecule has 0 saturated carbocycles. The molecule has 2 aromatic rings. The summed E-state index contributed by atoms with van der Waals surface area (Å²) in [5.41, 5.74) is 0.307. The summed E-state index contributed by atoms with van der Waals surface area (Å²) >= 11 is 6.09. The molecule has 1 aliphatic rings. The van der Waals surface area contributed by atoms with Crippen LogP contribution in [0.5, 0.6) is 0 Å². The van der Waals surface area contributed by atoms with Crippen LogP contribution in [0.3, 0.4) is 0 Å². The third kappa shape index (κ3) is 3.72. The fourth-order valence-corrected chi connectivity index (χ4v) is 2.66. The number of nitrogens with one attached hydrogen (secondary N) is 2. The summed E-state index contributed by atoms with van der Waals surface area (Å²) in [6.07, 6.45) is 3.23. The Morgan fingerprint density at radius 3 is 2.83 bits per heavy atom. The van der Waals surface area contributed by atoms with Crippen molar-refractivity contribution in [1.29, 1.82) is 0 Å². The zero-order chi connectivity index (χ0) is 16.9. The molecule has 1 atom stereocenters. The van der Waals surface area contributed by atoms with Crippen molar-refractivity contribution in [3.63, 3.8) is 0 Å². The lowest BCUT2D eigenvalue weighted by atomic mass is 10.2. The van der Waals surface area contributed by atoms with Gasteiger partial charge in [-0.2, -0.15) is 0 Å². The maximum atomic E-state index is 11.5. The van der Waals surface area contributed by atoms with Crippen molar-refractivity contribution in [2.45, 2.75) is 18.9 Å². The van der Waals surface area contributed by atoms with Crippen LogP contribution < -0.4 is 10.6 Å². The average Bonchev–Trinajstić information content (AvgIpc) is 3.08. The summed E-state index contributed by atoms with van der Waals surface area (Å²) in [4.78, 5) is 19.0. The van der Waals surface area contributed by atoms with E-state index in [1.54, 1.807) is 24.3 Å². The zero-order valence-corrected chi connectivity index (χ0v) is 13.5. The second-order valence-electron chi connectivity index (χ2n) is 5.30. The highest BCUT2D eigenvalue weighted by molar-refractivity contribution is 6.33. The number of para-hydroxylation sites is 1. The molecule has 1 saturated heterocycles. The van der Waals surface area contributed by atoms with Crippen LogP contribution in [0.25, 0.3) is 0 Å². The van der Waals surface area contributed by atoms with E-state index in [1.165, 1.54) is 6.33 Å². The van der Waals surface area contributed by atoms with Crippen molar-refractivity contribution >= 4 is 34.6 Å². The van der Waals surface area contributed by atoms with E-state index in [-0.39, 0.29) is 23.4 Å². The highest BCUT2D eigenvalue weighted by atomic mass is 35.5. The monoisotopic (exact) mass is 349 g/mol. The van der Waals surface area contributed by atoms with E-state index in [2.05, 4.69) is 20.6 Å². The number of nitro groups is 1. The van der Waals surface area contributed by atoms with Crippen LogP contribution in [0.2, 0.25) is 5.02 Å². The number of halogens is 1. The summed E-state index contributed by atoms with van der Waals surface area (Å²) in [6, 6.07) is 6.95. The SMILES string of the molecule is O=[N+]([O-])c1c(NCC2CCCO2)ncnc1Nc1ccccc1Cl. The van der Waals surface area contributed by atoms with Gasteiger partial charge in [0.15, 0.2) is 0 Å². The fraction of sp³-hybridized carbons (Fsp3) is 0.333. The summed E-state index contributed by atoms with van der Waals surface area (Å²) in [7, 11) is 0. The first kappa shape index (κ1) is 16.4. The van der Waals surface area contributed by atoms with Gasteiger partial charge in [-0.25, -0.2) is 9.97 Å². The summed E-state index contributed by atoms with van der Waals surface area (Å²) < 4.78 is 5.51. The minimum absolute atomic E-state index is 0.0412. The standard InChI is InChI=1S/C15H16ClN5O3/c16-11-5-1-2-6-12(11)20-15-13(21(22)23)14(18-9-19-15)17-8-10-4-3-7-24-10/h1-2,5-6,9-10H,3-4,7-8H2,(H2,17,18,19,20). The van der Waals surface area contributed by atoms with Gasteiger partial charge >= 0.3 is 5.69 Å². The minimum Gasteiger partial charge on any atom is -0.376 e. The Morgan fingerprint density at radius 1 is 1.33 bits per heavy atom. The second kappa shape index (κ2) is 7.41. The molecule has 1 aromatic carbocycles. The van der Waals surface area contributed by atoms with Crippen molar-refractivity contribution in [2.24, 2.45) is 0 Å². The van der Waals surface area contributed by atoms with Gasteiger partial charge in [-0.05, 0) is 25.0 Å². The van der Waals surface area contributed by atoms with Crippen molar-refractivity contribution in [2.75, 3.05) is 23.8 Å². The number of hydrogen-bond donors (Lipinski definition) is 2. The van der Waals surface area contributed by atoms with E-state index in [1.807, 2.05) is 0 Å².